The van der Waals surface area contributed by atoms with Gasteiger partial charge in [0.25, 0.3) is 5.91 Å². The lowest BCUT2D eigenvalue weighted by Gasteiger charge is -2.10. The first kappa shape index (κ1) is 17.4. The Labute approximate surface area is 154 Å². The number of rotatable bonds is 4. The minimum atomic E-state index is -1.09. The molecule has 3 rings (SSSR count). The quantitative estimate of drug-likeness (QED) is 0.656. The predicted octanol–water partition coefficient (Wildman–Crippen LogP) is 2.77. The molecule has 128 valence electrons. The van der Waals surface area contributed by atoms with E-state index in [1.165, 1.54) is 0 Å². The molecule has 0 saturated carbocycles. The molecule has 0 unspecified atom stereocenters. The fourth-order valence-corrected chi connectivity index (χ4v) is 3.98. The molecule has 8 heteroatoms. The van der Waals surface area contributed by atoms with Crippen molar-refractivity contribution in [3.8, 4) is 5.69 Å². The molecule has 1 amide bonds. The summed E-state index contributed by atoms with van der Waals surface area (Å²) in [6, 6.07) is 5.81. The molecule has 0 atom stereocenters. The fraction of sp³-hybridized carbons (Fsp3) is 0.176. The molecule has 1 aliphatic rings. The number of amides is 1. The van der Waals surface area contributed by atoms with Crippen molar-refractivity contribution < 1.29 is 14.7 Å². The van der Waals surface area contributed by atoms with Crippen molar-refractivity contribution in [2.75, 3.05) is 6.54 Å². The molecular weight excluding hydrogens is 358 g/mol. The highest BCUT2D eigenvalue weighted by Crippen LogP contribution is 2.33. The van der Waals surface area contributed by atoms with Gasteiger partial charge in [0, 0.05) is 29.5 Å². The van der Waals surface area contributed by atoms with E-state index < -0.39 is 12.5 Å². The van der Waals surface area contributed by atoms with Crippen LogP contribution in [0, 0.1) is 13.8 Å². The summed E-state index contributed by atoms with van der Waals surface area (Å²) in [6.07, 6.45) is 5.22. The van der Waals surface area contributed by atoms with Crippen molar-refractivity contribution in [1.82, 2.24) is 14.5 Å². The molecule has 1 saturated heterocycles. The third kappa shape index (κ3) is 3.35. The van der Waals surface area contributed by atoms with Gasteiger partial charge in [0.05, 0.1) is 4.91 Å². The zero-order chi connectivity index (χ0) is 18.1. The lowest BCUT2D eigenvalue weighted by Crippen LogP contribution is -2.33. The van der Waals surface area contributed by atoms with Crippen LogP contribution in [0.5, 0.6) is 0 Å². The smallest absolute Gasteiger partial charge is 0.323 e. The summed E-state index contributed by atoms with van der Waals surface area (Å²) in [7, 11) is 0. The summed E-state index contributed by atoms with van der Waals surface area (Å²) in [4.78, 5) is 28.8. The van der Waals surface area contributed by atoms with Gasteiger partial charge in [-0.05, 0) is 43.7 Å². The molecule has 6 nitrogen and oxygen atoms in total. The lowest BCUT2D eigenvalue weighted by atomic mass is 10.2. The van der Waals surface area contributed by atoms with Crippen LogP contribution in [-0.2, 0) is 9.59 Å². The number of hydrogen-bond acceptors (Lipinski definition) is 5. The van der Waals surface area contributed by atoms with Gasteiger partial charge in [-0.25, -0.2) is 0 Å². The van der Waals surface area contributed by atoms with E-state index in [0.717, 1.165) is 39.3 Å². The SMILES string of the molecule is Cc1cc(/C=C2\SC(=S)N(CC(=O)O)C2=O)c(C)n1-c1ccncc1. The number of carbonyl (C=O) groups is 2. The summed E-state index contributed by atoms with van der Waals surface area (Å²) in [5.74, 6) is -1.46. The maximum atomic E-state index is 12.4. The van der Waals surface area contributed by atoms with Crippen LogP contribution in [0.1, 0.15) is 17.0 Å². The van der Waals surface area contributed by atoms with Gasteiger partial charge in [-0.15, -0.1) is 0 Å². The molecule has 0 spiro atoms. The molecule has 2 aromatic rings. The molecule has 25 heavy (non-hydrogen) atoms. The molecule has 1 aliphatic heterocycles. The van der Waals surface area contributed by atoms with Crippen LogP contribution in [0.15, 0.2) is 35.5 Å². The second kappa shape index (κ2) is 6.81. The van der Waals surface area contributed by atoms with Crippen LogP contribution in [0.3, 0.4) is 0 Å². The molecule has 0 aliphatic carbocycles. The number of carboxylic acid groups (broad SMARTS) is 1. The highest BCUT2D eigenvalue weighted by atomic mass is 32.2. The van der Waals surface area contributed by atoms with Crippen molar-refractivity contribution in [2.45, 2.75) is 13.8 Å². The first-order valence-corrected chi connectivity index (χ1v) is 8.67. The number of hydrogen-bond donors (Lipinski definition) is 1. The number of pyridine rings is 1. The molecule has 0 radical (unpaired) electrons. The van der Waals surface area contributed by atoms with Crippen LogP contribution in [0.2, 0.25) is 0 Å². The van der Waals surface area contributed by atoms with Gasteiger partial charge < -0.3 is 9.67 Å². The lowest BCUT2D eigenvalue weighted by molar-refractivity contribution is -0.140. The number of carbonyl (C=O) groups excluding carboxylic acids is 1. The van der Waals surface area contributed by atoms with Crippen LogP contribution >= 0.6 is 24.0 Å². The van der Waals surface area contributed by atoms with E-state index in [9.17, 15) is 9.59 Å². The minimum absolute atomic E-state index is 0.265. The average Bonchev–Trinajstić information content (AvgIpc) is 2.99. The summed E-state index contributed by atoms with van der Waals surface area (Å²) in [5, 5.41) is 8.90. The van der Waals surface area contributed by atoms with Gasteiger partial charge in [-0.1, -0.05) is 24.0 Å². The fourth-order valence-electron chi connectivity index (χ4n) is 2.74. The Morgan fingerprint density at radius 3 is 2.68 bits per heavy atom. The standard InChI is InChI=1S/C17H15N3O3S2/c1-10-7-12(11(2)20(10)13-3-5-18-6-4-13)8-14-16(23)19(9-15(21)22)17(24)25-14/h3-8H,9H2,1-2H3,(H,21,22)/b14-8-. The Hall–Kier alpha value is -2.45. The monoisotopic (exact) mass is 373 g/mol. The van der Waals surface area contributed by atoms with Crippen molar-refractivity contribution >= 4 is 46.3 Å². The van der Waals surface area contributed by atoms with Gasteiger partial charge in [-0.3, -0.25) is 19.5 Å². The minimum Gasteiger partial charge on any atom is -0.480 e. The first-order chi connectivity index (χ1) is 11.9. The summed E-state index contributed by atoms with van der Waals surface area (Å²) in [5.41, 5.74) is 3.89. The van der Waals surface area contributed by atoms with E-state index in [1.807, 2.05) is 32.0 Å². The number of carboxylic acids is 1. The van der Waals surface area contributed by atoms with Gasteiger partial charge >= 0.3 is 5.97 Å². The highest BCUT2D eigenvalue weighted by Gasteiger charge is 2.33. The van der Waals surface area contributed by atoms with E-state index >= 15 is 0 Å². The van der Waals surface area contributed by atoms with Crippen molar-refractivity contribution in [2.24, 2.45) is 0 Å². The third-order valence-electron chi connectivity index (χ3n) is 3.84. The molecular formula is C17H15N3O3S2. The topological polar surface area (TPSA) is 75.4 Å². The van der Waals surface area contributed by atoms with E-state index in [1.54, 1.807) is 18.5 Å². The first-order valence-electron chi connectivity index (χ1n) is 7.45. The largest absolute Gasteiger partial charge is 0.480 e. The Bertz CT molecular complexity index is 903. The summed E-state index contributed by atoms with van der Waals surface area (Å²) >= 11 is 6.25. The number of aromatic nitrogens is 2. The van der Waals surface area contributed by atoms with Gasteiger partial charge in [0.15, 0.2) is 0 Å². The van der Waals surface area contributed by atoms with Crippen LogP contribution in [0.25, 0.3) is 11.8 Å². The van der Waals surface area contributed by atoms with E-state index in [-0.39, 0.29) is 10.2 Å². The predicted molar refractivity (Wildman–Crippen MR) is 101 cm³/mol. The van der Waals surface area contributed by atoms with Crippen LogP contribution < -0.4 is 0 Å². The Morgan fingerprint density at radius 2 is 2.04 bits per heavy atom. The highest BCUT2D eigenvalue weighted by molar-refractivity contribution is 8.26. The van der Waals surface area contributed by atoms with E-state index in [2.05, 4.69) is 9.55 Å². The summed E-state index contributed by atoms with van der Waals surface area (Å²) in [6.45, 7) is 3.54. The van der Waals surface area contributed by atoms with Crippen LogP contribution in [0.4, 0.5) is 0 Å². The number of nitrogens with zero attached hydrogens (tertiary/aromatic N) is 3. The molecule has 1 fully saturated rings. The van der Waals surface area contributed by atoms with Gasteiger partial charge in [-0.2, -0.15) is 0 Å². The van der Waals surface area contributed by atoms with E-state index in [0.29, 0.717) is 4.91 Å². The zero-order valence-corrected chi connectivity index (χ0v) is 15.2. The molecule has 3 heterocycles. The number of thioether (sulfide) groups is 1. The van der Waals surface area contributed by atoms with Gasteiger partial charge in [0.1, 0.15) is 10.9 Å². The molecule has 1 N–H and O–H groups in total. The second-order valence-electron chi connectivity index (χ2n) is 5.53. The molecule has 2 aromatic heterocycles. The maximum absolute atomic E-state index is 12.4. The van der Waals surface area contributed by atoms with Gasteiger partial charge in [0.2, 0.25) is 0 Å². The Kier molecular flexibility index (Phi) is 4.73. The van der Waals surface area contributed by atoms with Crippen molar-refractivity contribution in [3.05, 3.63) is 52.4 Å². The zero-order valence-electron chi connectivity index (χ0n) is 13.6. The van der Waals surface area contributed by atoms with E-state index in [4.69, 9.17) is 17.3 Å². The second-order valence-corrected chi connectivity index (χ2v) is 7.20. The van der Waals surface area contributed by atoms with Crippen molar-refractivity contribution in [1.29, 1.82) is 0 Å². The molecule has 0 bridgehead atoms. The maximum Gasteiger partial charge on any atom is 0.323 e. The normalized spacial score (nSPS) is 16.1. The number of thiocarbonyl (C=S) groups is 1. The number of aliphatic carboxylic acids is 1. The third-order valence-corrected chi connectivity index (χ3v) is 5.22. The average molecular weight is 373 g/mol. The Balaban J connectivity index is 1.97. The number of aryl methyl sites for hydroxylation is 1. The van der Waals surface area contributed by atoms with Crippen molar-refractivity contribution in [3.63, 3.8) is 0 Å². The summed E-state index contributed by atoms with van der Waals surface area (Å²) < 4.78 is 2.34. The Morgan fingerprint density at radius 1 is 1.36 bits per heavy atom. The molecule has 0 aromatic carbocycles. The van der Waals surface area contributed by atoms with Crippen LogP contribution in [-0.4, -0.2) is 42.3 Å².